The van der Waals surface area contributed by atoms with Gasteiger partial charge in [0.1, 0.15) is 12.1 Å². The number of aliphatic imine (C=N–C) groups is 1. The van der Waals surface area contributed by atoms with Crippen molar-refractivity contribution in [3.05, 3.63) is 29.8 Å². The second-order valence-corrected chi connectivity index (χ2v) is 7.24. The first-order valence-electron chi connectivity index (χ1n) is 10.1. The number of carboxylic acids is 3. The molecule has 33 heavy (non-hydrogen) atoms. The molecule has 1 aromatic rings. The van der Waals surface area contributed by atoms with E-state index in [0.29, 0.717) is 24.2 Å². The van der Waals surface area contributed by atoms with Gasteiger partial charge in [-0.25, -0.2) is 14.4 Å². The molecule has 0 radical (unpaired) electrons. The maximum atomic E-state index is 12.4. The number of urea groups is 1. The summed E-state index contributed by atoms with van der Waals surface area (Å²) in [7, 11) is 1.21. The number of amides is 3. The lowest BCUT2D eigenvalue weighted by atomic mass is 10.0. The van der Waals surface area contributed by atoms with Crippen molar-refractivity contribution in [3.8, 4) is 0 Å². The van der Waals surface area contributed by atoms with Crippen molar-refractivity contribution in [2.45, 2.75) is 44.2 Å². The number of anilines is 1. The number of aliphatic carboxylic acids is 3. The summed E-state index contributed by atoms with van der Waals surface area (Å²) in [5.41, 5.74) is 1.09. The standard InChI is InChI=1S/C21H28N4O8/c1-22-11-3-4-17(26)23-14-7-5-13(6-8-14)12-16(20(31)32)25(2)21(33)24-15(19(29)30)9-10-18(27)28/h5-8,15-16H,1,3-4,9-12H2,2H3,(H,23,26)(H,24,33)(H,27,28)(H,29,30)(H,31,32)/t15-,16-/m0/s1. The molecule has 0 aromatic heterocycles. The van der Waals surface area contributed by atoms with E-state index >= 15 is 0 Å². The van der Waals surface area contributed by atoms with Gasteiger partial charge in [-0.05, 0) is 37.3 Å². The smallest absolute Gasteiger partial charge is 0.326 e. The summed E-state index contributed by atoms with van der Waals surface area (Å²) in [6, 6.07) is 2.67. The van der Waals surface area contributed by atoms with Gasteiger partial charge >= 0.3 is 23.9 Å². The zero-order valence-corrected chi connectivity index (χ0v) is 18.2. The highest BCUT2D eigenvalue weighted by molar-refractivity contribution is 5.90. The van der Waals surface area contributed by atoms with Crippen LogP contribution >= 0.6 is 0 Å². The average Bonchev–Trinajstić information content (AvgIpc) is 2.75. The van der Waals surface area contributed by atoms with E-state index in [2.05, 4.69) is 22.3 Å². The minimum atomic E-state index is -1.48. The molecule has 0 heterocycles. The Morgan fingerprint density at radius 2 is 1.67 bits per heavy atom. The van der Waals surface area contributed by atoms with Crippen LogP contribution in [0.15, 0.2) is 29.3 Å². The molecule has 0 aliphatic heterocycles. The zero-order chi connectivity index (χ0) is 25.0. The van der Waals surface area contributed by atoms with Crippen LogP contribution in [0.3, 0.4) is 0 Å². The fourth-order valence-electron chi connectivity index (χ4n) is 2.83. The largest absolute Gasteiger partial charge is 0.481 e. The highest BCUT2D eigenvalue weighted by Crippen LogP contribution is 2.14. The SMILES string of the molecule is C=NCCCC(=O)Nc1ccc(C[C@@H](C(=O)O)N(C)C(=O)N[C@@H](CCC(=O)O)C(=O)O)cc1. The van der Waals surface area contributed by atoms with Crippen LogP contribution in [0.5, 0.6) is 0 Å². The van der Waals surface area contributed by atoms with E-state index in [0.717, 1.165) is 4.90 Å². The van der Waals surface area contributed by atoms with E-state index in [4.69, 9.17) is 10.2 Å². The third-order valence-corrected chi connectivity index (χ3v) is 4.70. The minimum absolute atomic E-state index is 0.0780. The molecule has 5 N–H and O–H groups in total. The number of carbonyl (C=O) groups excluding carboxylic acids is 2. The molecule has 0 saturated heterocycles. The van der Waals surface area contributed by atoms with Crippen LogP contribution in [-0.4, -0.2) is 82.5 Å². The first-order chi connectivity index (χ1) is 15.5. The van der Waals surface area contributed by atoms with Crippen molar-refractivity contribution in [2.24, 2.45) is 4.99 Å². The third kappa shape index (κ3) is 9.80. The summed E-state index contributed by atoms with van der Waals surface area (Å²) in [5, 5.41) is 32.3. The van der Waals surface area contributed by atoms with Crippen LogP contribution in [0.4, 0.5) is 10.5 Å². The molecule has 0 fully saturated rings. The van der Waals surface area contributed by atoms with Gasteiger partial charge in [0.15, 0.2) is 0 Å². The number of hydrogen-bond acceptors (Lipinski definition) is 6. The number of carbonyl (C=O) groups is 5. The molecule has 0 aliphatic rings. The van der Waals surface area contributed by atoms with Crippen molar-refractivity contribution in [1.29, 1.82) is 0 Å². The Balaban J connectivity index is 2.77. The summed E-state index contributed by atoms with van der Waals surface area (Å²) in [6.07, 6.45) is -0.0469. The zero-order valence-electron chi connectivity index (χ0n) is 18.2. The molecule has 1 aromatic carbocycles. The maximum Gasteiger partial charge on any atom is 0.326 e. The van der Waals surface area contributed by atoms with E-state index in [-0.39, 0.29) is 25.2 Å². The van der Waals surface area contributed by atoms with E-state index in [1.165, 1.54) is 7.05 Å². The summed E-state index contributed by atoms with van der Waals surface area (Å²) in [4.78, 5) is 62.4. The molecule has 180 valence electrons. The molecule has 1 rings (SSSR count). The molecular formula is C21H28N4O8. The number of likely N-dealkylation sites (N-methyl/N-ethyl adjacent to an activating group) is 1. The number of nitrogens with zero attached hydrogens (tertiary/aromatic N) is 2. The number of hydrogen-bond donors (Lipinski definition) is 5. The normalized spacial score (nSPS) is 12.2. The Morgan fingerprint density at radius 1 is 1.03 bits per heavy atom. The first-order valence-corrected chi connectivity index (χ1v) is 10.1. The third-order valence-electron chi connectivity index (χ3n) is 4.70. The number of rotatable bonds is 14. The second-order valence-electron chi connectivity index (χ2n) is 7.24. The van der Waals surface area contributed by atoms with Crippen molar-refractivity contribution in [2.75, 3.05) is 18.9 Å². The number of carboxylic acid groups (broad SMARTS) is 3. The molecular weight excluding hydrogens is 436 g/mol. The van der Waals surface area contributed by atoms with Gasteiger partial charge in [0.05, 0.1) is 0 Å². The van der Waals surface area contributed by atoms with Crippen LogP contribution in [0.25, 0.3) is 0 Å². The van der Waals surface area contributed by atoms with Crippen LogP contribution in [0, 0.1) is 0 Å². The van der Waals surface area contributed by atoms with E-state index in [9.17, 15) is 29.1 Å². The Morgan fingerprint density at radius 3 is 2.18 bits per heavy atom. The lowest BCUT2D eigenvalue weighted by Gasteiger charge is -2.27. The molecule has 3 amide bonds. The Labute approximate surface area is 190 Å². The quantitative estimate of drug-likeness (QED) is 0.200. The van der Waals surface area contributed by atoms with Crippen molar-refractivity contribution in [1.82, 2.24) is 10.2 Å². The van der Waals surface area contributed by atoms with Gasteiger partial charge in [-0.1, -0.05) is 12.1 Å². The molecule has 0 spiro atoms. The molecule has 2 atom stereocenters. The minimum Gasteiger partial charge on any atom is -0.481 e. The lowest BCUT2D eigenvalue weighted by molar-refractivity contribution is -0.142. The monoisotopic (exact) mass is 464 g/mol. The van der Waals surface area contributed by atoms with Crippen LogP contribution in [-0.2, 0) is 25.6 Å². The summed E-state index contributed by atoms with van der Waals surface area (Å²) < 4.78 is 0. The van der Waals surface area contributed by atoms with E-state index in [1.807, 2.05) is 0 Å². The van der Waals surface area contributed by atoms with Gasteiger partial charge in [0.25, 0.3) is 0 Å². The fourth-order valence-corrected chi connectivity index (χ4v) is 2.83. The Kier molecular flexibility index (Phi) is 11.0. The van der Waals surface area contributed by atoms with Gasteiger partial charge in [-0.2, -0.15) is 0 Å². The van der Waals surface area contributed by atoms with Crippen LogP contribution in [0.2, 0.25) is 0 Å². The molecule has 0 unspecified atom stereocenters. The van der Waals surface area contributed by atoms with Gasteiger partial charge in [-0.15, -0.1) is 0 Å². The van der Waals surface area contributed by atoms with Crippen LogP contribution < -0.4 is 10.6 Å². The highest BCUT2D eigenvalue weighted by atomic mass is 16.4. The van der Waals surface area contributed by atoms with E-state index < -0.39 is 42.4 Å². The predicted octanol–water partition coefficient (Wildman–Crippen LogP) is 1.06. The fraction of sp³-hybridized carbons (Fsp3) is 0.429. The van der Waals surface area contributed by atoms with Gasteiger partial charge in [-0.3, -0.25) is 9.59 Å². The Bertz CT molecular complexity index is 872. The highest BCUT2D eigenvalue weighted by Gasteiger charge is 2.30. The molecule has 0 bridgehead atoms. The van der Waals surface area contributed by atoms with E-state index in [1.54, 1.807) is 24.3 Å². The lowest BCUT2D eigenvalue weighted by Crippen LogP contribution is -2.52. The van der Waals surface area contributed by atoms with Gasteiger partial charge in [0, 0.05) is 38.5 Å². The van der Waals surface area contributed by atoms with Crippen LogP contribution in [0.1, 0.15) is 31.2 Å². The van der Waals surface area contributed by atoms with Gasteiger partial charge in [0.2, 0.25) is 5.91 Å². The number of nitrogens with one attached hydrogen (secondary N) is 2. The maximum absolute atomic E-state index is 12.4. The van der Waals surface area contributed by atoms with Crippen molar-refractivity contribution >= 4 is 42.3 Å². The second kappa shape index (κ2) is 13.5. The molecule has 0 saturated carbocycles. The first kappa shape index (κ1) is 27.1. The predicted molar refractivity (Wildman–Crippen MR) is 118 cm³/mol. The topological polar surface area (TPSA) is 186 Å². The summed E-state index contributed by atoms with van der Waals surface area (Å²) in [6.45, 7) is 3.83. The summed E-state index contributed by atoms with van der Waals surface area (Å²) in [5.74, 6) is -4.15. The molecule has 12 heteroatoms. The molecule has 0 aliphatic carbocycles. The Hall–Kier alpha value is -3.96. The number of benzene rings is 1. The molecule has 12 nitrogen and oxygen atoms in total. The summed E-state index contributed by atoms with van der Waals surface area (Å²) >= 11 is 0. The van der Waals surface area contributed by atoms with Crippen molar-refractivity contribution < 1.29 is 39.3 Å². The average molecular weight is 464 g/mol. The van der Waals surface area contributed by atoms with Gasteiger partial charge < -0.3 is 35.8 Å². The van der Waals surface area contributed by atoms with Crippen molar-refractivity contribution in [3.63, 3.8) is 0 Å².